The molecule has 3 rings (SSSR count). The van der Waals surface area contributed by atoms with Crippen LogP contribution in [0, 0.1) is 0 Å². The van der Waals surface area contributed by atoms with Gasteiger partial charge in [0.2, 0.25) is 5.91 Å². The second kappa shape index (κ2) is 10.5. The maximum Gasteiger partial charge on any atom is 0.407 e. The first-order chi connectivity index (χ1) is 15.4. The Labute approximate surface area is 186 Å². The van der Waals surface area contributed by atoms with E-state index in [4.69, 9.17) is 4.74 Å². The van der Waals surface area contributed by atoms with Crippen LogP contribution < -0.4 is 14.9 Å². The number of benzene rings is 3. The fourth-order valence-electron chi connectivity index (χ4n) is 2.80. The van der Waals surface area contributed by atoms with Crippen molar-refractivity contribution in [2.24, 2.45) is 0 Å². The Bertz CT molecular complexity index is 1170. The number of nitrogens with one attached hydrogen (secondary N) is 2. The molecule has 0 fully saturated rings. The van der Waals surface area contributed by atoms with Crippen molar-refractivity contribution in [1.82, 2.24) is 5.32 Å². The molecular weight excluding hydrogens is 430 g/mol. The molecule has 2 N–H and O–H groups in total. The lowest BCUT2D eigenvalue weighted by Crippen LogP contribution is -2.33. The average molecular weight is 454 g/mol. The predicted octanol–water partition coefficient (Wildman–Crippen LogP) is 3.38. The Kier molecular flexibility index (Phi) is 7.45. The minimum Gasteiger partial charge on any atom is -0.445 e. The summed E-state index contributed by atoms with van der Waals surface area (Å²) in [4.78, 5) is 24.0. The summed E-state index contributed by atoms with van der Waals surface area (Å²) in [6.07, 6.45) is -0.732. The standard InChI is InChI=1S/C23H23N3O5S/c1-26(20-12-6-3-7-13-20)32(29,30)21-14-8-11-19(15-21)25-22(27)16-24-23(28)31-17-18-9-4-2-5-10-18/h2-15H,16-17H2,1H3,(H,24,28)(H,25,27). The van der Waals surface area contributed by atoms with E-state index in [2.05, 4.69) is 10.6 Å². The van der Waals surface area contributed by atoms with Gasteiger partial charge < -0.3 is 15.4 Å². The molecular formula is C23H23N3O5S. The maximum absolute atomic E-state index is 12.9. The van der Waals surface area contributed by atoms with Crippen molar-refractivity contribution < 1.29 is 22.7 Å². The number of sulfonamides is 1. The second-order valence-corrected chi connectivity index (χ2v) is 8.77. The summed E-state index contributed by atoms with van der Waals surface area (Å²) in [5.74, 6) is -0.521. The number of hydrogen-bond acceptors (Lipinski definition) is 5. The summed E-state index contributed by atoms with van der Waals surface area (Å²) in [5, 5.41) is 4.93. The van der Waals surface area contributed by atoms with E-state index in [0.29, 0.717) is 5.69 Å². The summed E-state index contributed by atoms with van der Waals surface area (Å²) in [6, 6.07) is 23.7. The molecule has 166 valence electrons. The van der Waals surface area contributed by atoms with Gasteiger partial charge >= 0.3 is 6.09 Å². The highest BCUT2D eigenvalue weighted by Crippen LogP contribution is 2.23. The number of ether oxygens (including phenoxy) is 1. The third kappa shape index (κ3) is 6.08. The molecule has 0 aromatic heterocycles. The van der Waals surface area contributed by atoms with Crippen molar-refractivity contribution in [1.29, 1.82) is 0 Å². The van der Waals surface area contributed by atoms with E-state index < -0.39 is 22.0 Å². The number of rotatable bonds is 8. The monoisotopic (exact) mass is 453 g/mol. The smallest absolute Gasteiger partial charge is 0.407 e. The molecule has 9 heteroatoms. The van der Waals surface area contributed by atoms with Crippen LogP contribution in [0.3, 0.4) is 0 Å². The van der Waals surface area contributed by atoms with E-state index in [1.807, 2.05) is 30.3 Å². The van der Waals surface area contributed by atoms with Gasteiger partial charge in [0.15, 0.2) is 0 Å². The van der Waals surface area contributed by atoms with Crippen molar-refractivity contribution >= 4 is 33.4 Å². The molecule has 2 amide bonds. The normalized spacial score (nSPS) is 10.8. The number of para-hydroxylation sites is 1. The van der Waals surface area contributed by atoms with Crippen LogP contribution in [-0.4, -0.2) is 34.0 Å². The first-order valence-corrected chi connectivity index (χ1v) is 11.2. The van der Waals surface area contributed by atoms with E-state index in [9.17, 15) is 18.0 Å². The predicted molar refractivity (Wildman–Crippen MR) is 122 cm³/mol. The number of carbonyl (C=O) groups is 2. The summed E-state index contributed by atoms with van der Waals surface area (Å²) >= 11 is 0. The molecule has 32 heavy (non-hydrogen) atoms. The highest BCUT2D eigenvalue weighted by molar-refractivity contribution is 7.92. The molecule has 0 aliphatic carbocycles. The van der Waals surface area contributed by atoms with Crippen molar-refractivity contribution in [2.75, 3.05) is 23.2 Å². The topological polar surface area (TPSA) is 105 Å². The lowest BCUT2D eigenvalue weighted by atomic mass is 10.2. The Morgan fingerprint density at radius 2 is 1.56 bits per heavy atom. The van der Waals surface area contributed by atoms with E-state index in [1.165, 1.54) is 25.2 Å². The lowest BCUT2D eigenvalue weighted by molar-refractivity contribution is -0.115. The molecule has 0 heterocycles. The van der Waals surface area contributed by atoms with E-state index >= 15 is 0 Å². The maximum atomic E-state index is 12.9. The van der Waals surface area contributed by atoms with Crippen LogP contribution in [0.5, 0.6) is 0 Å². The number of carbonyl (C=O) groups excluding carboxylic acids is 2. The first kappa shape index (κ1) is 22.8. The number of alkyl carbamates (subject to hydrolysis) is 1. The van der Waals surface area contributed by atoms with Gasteiger partial charge in [-0.3, -0.25) is 9.10 Å². The quantitative estimate of drug-likeness (QED) is 0.544. The van der Waals surface area contributed by atoms with Gasteiger partial charge in [-0.2, -0.15) is 0 Å². The molecule has 0 bridgehead atoms. The summed E-state index contributed by atoms with van der Waals surface area (Å²) in [5.41, 5.74) is 1.63. The molecule has 0 radical (unpaired) electrons. The van der Waals surface area contributed by atoms with Gasteiger partial charge in [-0.15, -0.1) is 0 Å². The van der Waals surface area contributed by atoms with Crippen LogP contribution in [0.25, 0.3) is 0 Å². The largest absolute Gasteiger partial charge is 0.445 e. The second-order valence-electron chi connectivity index (χ2n) is 6.80. The molecule has 0 aliphatic rings. The fraction of sp³-hybridized carbons (Fsp3) is 0.130. The number of amides is 2. The van der Waals surface area contributed by atoms with Gasteiger partial charge in [0.05, 0.1) is 10.6 Å². The van der Waals surface area contributed by atoms with E-state index in [1.54, 1.807) is 36.4 Å². The van der Waals surface area contributed by atoms with Crippen molar-refractivity contribution in [3.05, 3.63) is 90.5 Å². The third-order valence-corrected chi connectivity index (χ3v) is 6.28. The molecule has 8 nitrogen and oxygen atoms in total. The first-order valence-electron chi connectivity index (χ1n) is 9.75. The number of nitrogens with zero attached hydrogens (tertiary/aromatic N) is 1. The lowest BCUT2D eigenvalue weighted by Gasteiger charge is -2.19. The Hall–Kier alpha value is -3.85. The average Bonchev–Trinajstić information content (AvgIpc) is 2.82. The molecule has 0 unspecified atom stereocenters. The zero-order valence-electron chi connectivity index (χ0n) is 17.4. The Morgan fingerprint density at radius 3 is 2.25 bits per heavy atom. The molecule has 3 aromatic carbocycles. The van der Waals surface area contributed by atoms with Crippen LogP contribution in [0.4, 0.5) is 16.2 Å². The number of anilines is 2. The van der Waals surface area contributed by atoms with E-state index in [0.717, 1.165) is 9.87 Å². The van der Waals surface area contributed by atoms with Crippen molar-refractivity contribution in [3.8, 4) is 0 Å². The summed E-state index contributed by atoms with van der Waals surface area (Å²) in [7, 11) is -2.36. The molecule has 0 aliphatic heterocycles. The Balaban J connectivity index is 1.56. The van der Waals surface area contributed by atoms with Gasteiger partial charge in [0.25, 0.3) is 10.0 Å². The van der Waals surface area contributed by atoms with Gasteiger partial charge in [0.1, 0.15) is 13.2 Å². The zero-order chi connectivity index (χ0) is 23.0. The highest BCUT2D eigenvalue weighted by atomic mass is 32.2. The third-order valence-electron chi connectivity index (χ3n) is 4.50. The minimum absolute atomic E-state index is 0.0249. The molecule has 3 aromatic rings. The molecule has 0 saturated heterocycles. The van der Waals surface area contributed by atoms with Crippen LogP contribution in [-0.2, 0) is 26.2 Å². The van der Waals surface area contributed by atoms with Crippen LogP contribution >= 0.6 is 0 Å². The fourth-order valence-corrected chi connectivity index (χ4v) is 4.04. The molecule has 0 spiro atoms. The number of hydrogen-bond donors (Lipinski definition) is 2. The zero-order valence-corrected chi connectivity index (χ0v) is 18.2. The van der Waals surface area contributed by atoms with Crippen LogP contribution in [0.1, 0.15) is 5.56 Å². The summed E-state index contributed by atoms with van der Waals surface area (Å²) < 4.78 is 32.0. The van der Waals surface area contributed by atoms with Crippen LogP contribution in [0.15, 0.2) is 89.8 Å². The highest BCUT2D eigenvalue weighted by Gasteiger charge is 2.21. The van der Waals surface area contributed by atoms with Crippen LogP contribution in [0.2, 0.25) is 0 Å². The van der Waals surface area contributed by atoms with Crippen molar-refractivity contribution in [2.45, 2.75) is 11.5 Å². The van der Waals surface area contributed by atoms with E-state index in [-0.39, 0.29) is 23.7 Å². The van der Waals surface area contributed by atoms with Gasteiger partial charge in [-0.05, 0) is 35.9 Å². The van der Waals surface area contributed by atoms with Crippen molar-refractivity contribution in [3.63, 3.8) is 0 Å². The van der Waals surface area contributed by atoms with Gasteiger partial charge in [0, 0.05) is 12.7 Å². The summed E-state index contributed by atoms with van der Waals surface area (Å²) in [6.45, 7) is -0.238. The molecule has 0 saturated carbocycles. The van der Waals surface area contributed by atoms with Gasteiger partial charge in [-0.1, -0.05) is 54.6 Å². The minimum atomic E-state index is -3.82. The molecule has 0 atom stereocenters. The SMILES string of the molecule is CN(c1ccccc1)S(=O)(=O)c1cccc(NC(=O)CNC(=O)OCc2ccccc2)c1. The van der Waals surface area contributed by atoms with Gasteiger partial charge in [-0.25, -0.2) is 13.2 Å². The Morgan fingerprint density at radius 1 is 0.906 bits per heavy atom.